The molecule has 0 atom stereocenters. The minimum absolute atomic E-state index is 0.138. The summed E-state index contributed by atoms with van der Waals surface area (Å²) < 4.78 is 1.45. The number of rotatable bonds is 5. The smallest absolute Gasteiger partial charge is 0.296 e. The zero-order chi connectivity index (χ0) is 15.4. The molecule has 1 aromatic heterocycles. The van der Waals surface area contributed by atoms with Gasteiger partial charge in [-0.2, -0.15) is 10.4 Å². The zero-order valence-electron chi connectivity index (χ0n) is 11.8. The quantitative estimate of drug-likeness (QED) is 0.670. The molecule has 0 aliphatic heterocycles. The highest BCUT2D eigenvalue weighted by molar-refractivity contribution is 5.56. The molecule has 2 rings (SSSR count). The standard InChI is InChI=1S/C14H15N5O2/c1-10(2)16-9-12-5-6-18(17-12)13-4-3-11(8-15)7-14(13)19(20)21/h3-7,10,16H,9H2,1-2H3. The van der Waals surface area contributed by atoms with E-state index in [0.29, 0.717) is 18.3 Å². The molecule has 1 N–H and O–H groups in total. The lowest BCUT2D eigenvalue weighted by atomic mass is 10.2. The van der Waals surface area contributed by atoms with Gasteiger partial charge < -0.3 is 5.32 Å². The Morgan fingerprint density at radius 3 is 2.86 bits per heavy atom. The Hall–Kier alpha value is -2.72. The predicted octanol–water partition coefficient (Wildman–Crippen LogP) is 2.15. The van der Waals surface area contributed by atoms with E-state index in [-0.39, 0.29) is 11.3 Å². The minimum atomic E-state index is -0.510. The van der Waals surface area contributed by atoms with Crippen LogP contribution in [0.15, 0.2) is 30.5 Å². The topological polar surface area (TPSA) is 96.8 Å². The molecule has 7 nitrogen and oxygen atoms in total. The first-order valence-electron chi connectivity index (χ1n) is 6.48. The summed E-state index contributed by atoms with van der Waals surface area (Å²) in [7, 11) is 0. The molecule has 21 heavy (non-hydrogen) atoms. The molecular weight excluding hydrogens is 270 g/mol. The number of nitrogens with one attached hydrogen (secondary N) is 1. The second-order valence-electron chi connectivity index (χ2n) is 4.86. The van der Waals surface area contributed by atoms with Crippen molar-refractivity contribution in [3.05, 3.63) is 51.8 Å². The number of benzene rings is 1. The highest BCUT2D eigenvalue weighted by Crippen LogP contribution is 2.23. The van der Waals surface area contributed by atoms with Crippen molar-refractivity contribution in [3.63, 3.8) is 0 Å². The summed E-state index contributed by atoms with van der Waals surface area (Å²) in [5, 5.41) is 27.5. The van der Waals surface area contributed by atoms with E-state index >= 15 is 0 Å². The number of nitriles is 1. The largest absolute Gasteiger partial charge is 0.309 e. The Kier molecular flexibility index (Phi) is 4.30. The average Bonchev–Trinajstić information content (AvgIpc) is 2.93. The van der Waals surface area contributed by atoms with Crippen molar-refractivity contribution in [2.45, 2.75) is 26.4 Å². The number of aromatic nitrogens is 2. The zero-order valence-corrected chi connectivity index (χ0v) is 11.8. The normalized spacial score (nSPS) is 10.6. The van der Waals surface area contributed by atoms with Crippen LogP contribution in [-0.4, -0.2) is 20.7 Å². The first-order chi connectivity index (χ1) is 10.0. The average molecular weight is 285 g/mol. The van der Waals surface area contributed by atoms with Crippen molar-refractivity contribution in [1.82, 2.24) is 15.1 Å². The summed E-state index contributed by atoms with van der Waals surface area (Å²) in [5.74, 6) is 0. The van der Waals surface area contributed by atoms with Gasteiger partial charge in [-0.15, -0.1) is 0 Å². The van der Waals surface area contributed by atoms with E-state index in [9.17, 15) is 10.1 Å². The maximum absolute atomic E-state index is 11.1. The van der Waals surface area contributed by atoms with Gasteiger partial charge in [-0.3, -0.25) is 10.1 Å². The van der Waals surface area contributed by atoms with Gasteiger partial charge in [0.25, 0.3) is 5.69 Å². The maximum Gasteiger partial charge on any atom is 0.296 e. The molecular formula is C14H15N5O2. The highest BCUT2D eigenvalue weighted by Gasteiger charge is 2.17. The van der Waals surface area contributed by atoms with Crippen molar-refractivity contribution >= 4 is 5.69 Å². The van der Waals surface area contributed by atoms with Crippen molar-refractivity contribution in [1.29, 1.82) is 5.26 Å². The van der Waals surface area contributed by atoms with Crippen LogP contribution in [0.3, 0.4) is 0 Å². The second-order valence-corrected chi connectivity index (χ2v) is 4.86. The Morgan fingerprint density at radius 1 is 1.48 bits per heavy atom. The second kappa shape index (κ2) is 6.15. The van der Waals surface area contributed by atoms with Gasteiger partial charge in [0.05, 0.1) is 22.2 Å². The van der Waals surface area contributed by atoms with Gasteiger partial charge in [0, 0.05) is 24.8 Å². The third-order valence-corrected chi connectivity index (χ3v) is 2.88. The van der Waals surface area contributed by atoms with Gasteiger partial charge in [0.15, 0.2) is 0 Å². The van der Waals surface area contributed by atoms with Crippen LogP contribution in [0.5, 0.6) is 0 Å². The maximum atomic E-state index is 11.1. The number of hydrogen-bond acceptors (Lipinski definition) is 5. The van der Waals surface area contributed by atoms with E-state index in [4.69, 9.17) is 5.26 Å². The minimum Gasteiger partial charge on any atom is -0.309 e. The monoisotopic (exact) mass is 285 g/mol. The molecule has 0 saturated carbocycles. The van der Waals surface area contributed by atoms with E-state index in [1.807, 2.05) is 19.9 Å². The molecule has 0 amide bonds. The Bertz CT molecular complexity index is 700. The lowest BCUT2D eigenvalue weighted by molar-refractivity contribution is -0.384. The molecule has 0 unspecified atom stereocenters. The van der Waals surface area contributed by atoms with Crippen LogP contribution in [0.4, 0.5) is 5.69 Å². The molecule has 1 aromatic carbocycles. The van der Waals surface area contributed by atoms with Crippen LogP contribution in [0.2, 0.25) is 0 Å². The van der Waals surface area contributed by atoms with Crippen LogP contribution >= 0.6 is 0 Å². The van der Waals surface area contributed by atoms with E-state index < -0.39 is 4.92 Å². The summed E-state index contributed by atoms with van der Waals surface area (Å²) in [6.07, 6.45) is 1.67. The number of nitrogens with zero attached hydrogens (tertiary/aromatic N) is 4. The lowest BCUT2D eigenvalue weighted by Crippen LogP contribution is -2.22. The van der Waals surface area contributed by atoms with E-state index in [1.54, 1.807) is 12.3 Å². The van der Waals surface area contributed by atoms with Crippen molar-refractivity contribution in [2.24, 2.45) is 0 Å². The highest BCUT2D eigenvalue weighted by atomic mass is 16.6. The first-order valence-corrected chi connectivity index (χ1v) is 6.48. The van der Waals surface area contributed by atoms with Gasteiger partial charge >= 0.3 is 0 Å². The number of nitro benzene ring substituents is 1. The summed E-state index contributed by atoms with van der Waals surface area (Å²) in [5.41, 5.74) is 1.25. The lowest BCUT2D eigenvalue weighted by Gasteiger charge is -2.05. The molecule has 7 heteroatoms. The fourth-order valence-corrected chi connectivity index (χ4v) is 1.83. The number of hydrogen-bond donors (Lipinski definition) is 1. The molecule has 0 aliphatic rings. The summed E-state index contributed by atoms with van der Waals surface area (Å²) in [4.78, 5) is 10.6. The Balaban J connectivity index is 2.34. The third-order valence-electron chi connectivity index (χ3n) is 2.88. The van der Waals surface area contributed by atoms with Crippen molar-refractivity contribution in [3.8, 4) is 11.8 Å². The predicted molar refractivity (Wildman–Crippen MR) is 76.9 cm³/mol. The van der Waals surface area contributed by atoms with Crippen molar-refractivity contribution in [2.75, 3.05) is 0 Å². The van der Waals surface area contributed by atoms with Gasteiger partial charge in [-0.05, 0) is 18.2 Å². The van der Waals surface area contributed by atoms with Gasteiger partial charge in [0.2, 0.25) is 0 Å². The SMILES string of the molecule is CC(C)NCc1ccn(-c2ccc(C#N)cc2[N+](=O)[O-])n1. The van der Waals surface area contributed by atoms with Crippen LogP contribution in [0, 0.1) is 21.4 Å². The summed E-state index contributed by atoms with van der Waals surface area (Å²) in [6, 6.07) is 8.35. The molecule has 0 spiro atoms. The third kappa shape index (κ3) is 3.43. The molecule has 0 saturated heterocycles. The Morgan fingerprint density at radius 2 is 2.24 bits per heavy atom. The molecule has 0 radical (unpaired) electrons. The fraction of sp³-hybridized carbons (Fsp3) is 0.286. The van der Waals surface area contributed by atoms with Gasteiger partial charge in [0.1, 0.15) is 5.69 Å². The molecule has 0 fully saturated rings. The van der Waals surface area contributed by atoms with Crippen LogP contribution in [0.1, 0.15) is 25.1 Å². The van der Waals surface area contributed by atoms with Gasteiger partial charge in [-0.25, -0.2) is 4.68 Å². The molecule has 0 bridgehead atoms. The van der Waals surface area contributed by atoms with E-state index in [0.717, 1.165) is 5.69 Å². The van der Waals surface area contributed by atoms with Crippen LogP contribution in [0.25, 0.3) is 5.69 Å². The van der Waals surface area contributed by atoms with Gasteiger partial charge in [-0.1, -0.05) is 13.8 Å². The molecule has 1 heterocycles. The Labute approximate surface area is 122 Å². The van der Waals surface area contributed by atoms with E-state index in [2.05, 4.69) is 10.4 Å². The van der Waals surface area contributed by atoms with Crippen LogP contribution in [-0.2, 0) is 6.54 Å². The van der Waals surface area contributed by atoms with E-state index in [1.165, 1.54) is 22.9 Å². The molecule has 2 aromatic rings. The fourth-order valence-electron chi connectivity index (χ4n) is 1.83. The number of nitro groups is 1. The van der Waals surface area contributed by atoms with Crippen molar-refractivity contribution < 1.29 is 4.92 Å². The molecule has 0 aliphatic carbocycles. The van der Waals surface area contributed by atoms with Crippen LogP contribution < -0.4 is 5.32 Å². The first kappa shape index (κ1) is 14.7. The summed E-state index contributed by atoms with van der Waals surface area (Å²) in [6.45, 7) is 4.65. The summed E-state index contributed by atoms with van der Waals surface area (Å²) >= 11 is 0. The molecule has 108 valence electrons.